The first-order valence-electron chi connectivity index (χ1n) is 6.96. The molecule has 0 spiro atoms. The van der Waals surface area contributed by atoms with E-state index in [2.05, 4.69) is 10.3 Å². The number of aryl methyl sites for hydroxylation is 1. The van der Waals surface area contributed by atoms with Gasteiger partial charge in [-0.1, -0.05) is 0 Å². The molecule has 1 saturated heterocycles. The topological polar surface area (TPSA) is 93.3 Å². The van der Waals surface area contributed by atoms with Gasteiger partial charge >= 0.3 is 5.82 Å². The minimum Gasteiger partial charge on any atom is -0.358 e. The zero-order valence-electron chi connectivity index (χ0n) is 12.3. The molecule has 1 aromatic carbocycles. The van der Waals surface area contributed by atoms with Crippen LogP contribution >= 0.6 is 0 Å². The van der Waals surface area contributed by atoms with Crippen molar-refractivity contribution in [1.82, 2.24) is 9.55 Å². The van der Waals surface area contributed by atoms with E-state index in [0.29, 0.717) is 18.7 Å². The second-order valence-corrected chi connectivity index (χ2v) is 5.24. The smallest absolute Gasteiger partial charge is 0.358 e. The van der Waals surface area contributed by atoms with Crippen molar-refractivity contribution in [3.63, 3.8) is 0 Å². The number of benzene rings is 1. The first kappa shape index (κ1) is 14.9. The molecule has 0 bridgehead atoms. The molecule has 1 aliphatic heterocycles. The van der Waals surface area contributed by atoms with Gasteiger partial charge in [-0.3, -0.25) is 9.36 Å². The number of carbonyl (C=O) groups excluding carboxylic acids is 1. The van der Waals surface area contributed by atoms with Crippen LogP contribution in [0.5, 0.6) is 0 Å². The third kappa shape index (κ3) is 2.72. The molecule has 1 amide bonds. The number of aromatic nitrogens is 2. The summed E-state index contributed by atoms with van der Waals surface area (Å²) in [5.41, 5.74) is 0.597. The molecule has 0 radical (unpaired) electrons. The monoisotopic (exact) mass is 319 g/mol. The maximum Gasteiger partial charge on any atom is 0.406 e. The number of hydrogen-bond acceptors (Lipinski definition) is 5. The molecule has 1 aliphatic rings. The zero-order chi connectivity index (χ0) is 16.6. The Kier molecular flexibility index (Phi) is 3.68. The molecule has 1 N–H and O–H groups in total. The molecule has 1 fully saturated rings. The van der Waals surface area contributed by atoms with Crippen LogP contribution in [0, 0.1) is 15.9 Å². The van der Waals surface area contributed by atoms with E-state index in [9.17, 15) is 19.3 Å². The third-order valence-electron chi connectivity index (χ3n) is 3.75. The highest BCUT2D eigenvalue weighted by Gasteiger charge is 2.35. The van der Waals surface area contributed by atoms with Crippen molar-refractivity contribution in [3.8, 4) is 0 Å². The van der Waals surface area contributed by atoms with Gasteiger partial charge in [0.2, 0.25) is 18.1 Å². The molecule has 23 heavy (non-hydrogen) atoms. The molecule has 0 saturated carbocycles. The Balaban J connectivity index is 1.79. The van der Waals surface area contributed by atoms with Crippen LogP contribution in [0.15, 0.2) is 30.6 Å². The van der Waals surface area contributed by atoms with Crippen molar-refractivity contribution in [1.29, 1.82) is 0 Å². The van der Waals surface area contributed by atoms with Crippen LogP contribution in [0.4, 0.5) is 21.7 Å². The van der Waals surface area contributed by atoms with Gasteiger partial charge in [-0.15, -0.1) is 0 Å². The maximum atomic E-state index is 13.0. The number of carbonyl (C=O) groups is 1. The van der Waals surface area contributed by atoms with Gasteiger partial charge in [-0.25, -0.2) is 4.39 Å². The Morgan fingerprint density at radius 3 is 2.74 bits per heavy atom. The van der Waals surface area contributed by atoms with Crippen LogP contribution in [0.25, 0.3) is 0 Å². The number of amides is 1. The third-order valence-corrected chi connectivity index (χ3v) is 3.75. The number of imidazole rings is 1. The van der Waals surface area contributed by atoms with Gasteiger partial charge in [0, 0.05) is 19.3 Å². The lowest BCUT2D eigenvalue weighted by atomic mass is 10.2. The summed E-state index contributed by atoms with van der Waals surface area (Å²) in [5, 5.41) is 13.9. The lowest BCUT2D eigenvalue weighted by Gasteiger charge is -2.17. The van der Waals surface area contributed by atoms with E-state index in [1.54, 1.807) is 7.05 Å². The van der Waals surface area contributed by atoms with Gasteiger partial charge < -0.3 is 20.3 Å². The molecule has 2 aromatic rings. The Hall–Kier alpha value is -2.97. The minimum atomic E-state index is -0.598. The van der Waals surface area contributed by atoms with E-state index in [-0.39, 0.29) is 23.4 Å². The molecule has 8 nitrogen and oxygen atoms in total. The average Bonchev–Trinajstić information content (AvgIpc) is 3.05. The highest BCUT2D eigenvalue weighted by Crippen LogP contribution is 2.27. The van der Waals surface area contributed by atoms with Crippen LogP contribution in [0.3, 0.4) is 0 Å². The fourth-order valence-corrected chi connectivity index (χ4v) is 2.57. The predicted octanol–water partition coefficient (Wildman–Crippen LogP) is 1.68. The standard InChI is InChI=1S/C14H14FN5O3/c1-18-8-16-12(20(22)23)13(18)17-11-6-7-19(14(11)21)10-4-2-9(15)3-5-10/h2-5,8,11,17H,6-7H2,1H3. The largest absolute Gasteiger partial charge is 0.406 e. The molecule has 2 heterocycles. The number of anilines is 2. The number of nitrogens with zero attached hydrogens (tertiary/aromatic N) is 4. The van der Waals surface area contributed by atoms with E-state index < -0.39 is 11.0 Å². The van der Waals surface area contributed by atoms with Crippen molar-refractivity contribution in [2.75, 3.05) is 16.8 Å². The van der Waals surface area contributed by atoms with Crippen LogP contribution < -0.4 is 10.2 Å². The lowest BCUT2D eigenvalue weighted by Crippen LogP contribution is -2.34. The van der Waals surface area contributed by atoms with Gasteiger partial charge in [-0.2, -0.15) is 0 Å². The molecule has 9 heteroatoms. The minimum absolute atomic E-state index is 0.189. The second kappa shape index (κ2) is 5.67. The first-order chi connectivity index (χ1) is 11.0. The Morgan fingerprint density at radius 1 is 1.39 bits per heavy atom. The fraction of sp³-hybridized carbons (Fsp3) is 0.286. The summed E-state index contributed by atoms with van der Waals surface area (Å²) in [7, 11) is 1.61. The highest BCUT2D eigenvalue weighted by molar-refractivity contribution is 6.01. The normalized spacial score (nSPS) is 17.6. The van der Waals surface area contributed by atoms with Gasteiger partial charge in [0.05, 0.1) is 0 Å². The van der Waals surface area contributed by atoms with E-state index in [4.69, 9.17) is 0 Å². The fourth-order valence-electron chi connectivity index (χ4n) is 2.57. The lowest BCUT2D eigenvalue weighted by molar-refractivity contribution is -0.388. The van der Waals surface area contributed by atoms with Crippen LogP contribution in [0.2, 0.25) is 0 Å². The Bertz CT molecular complexity index is 758. The van der Waals surface area contributed by atoms with Crippen molar-refractivity contribution in [3.05, 3.63) is 46.5 Å². The van der Waals surface area contributed by atoms with E-state index >= 15 is 0 Å². The van der Waals surface area contributed by atoms with Crippen LogP contribution in [-0.2, 0) is 11.8 Å². The van der Waals surface area contributed by atoms with E-state index in [1.165, 1.54) is 40.1 Å². The van der Waals surface area contributed by atoms with Gasteiger partial charge in [0.25, 0.3) is 0 Å². The molecule has 1 unspecified atom stereocenters. The van der Waals surface area contributed by atoms with Gasteiger partial charge in [0.1, 0.15) is 11.9 Å². The van der Waals surface area contributed by atoms with E-state index in [0.717, 1.165) is 0 Å². The van der Waals surface area contributed by atoms with Crippen LogP contribution in [0.1, 0.15) is 6.42 Å². The summed E-state index contributed by atoms with van der Waals surface area (Å²) in [6.45, 7) is 0.452. The molecular weight excluding hydrogens is 305 g/mol. The van der Waals surface area contributed by atoms with Crippen LogP contribution in [-0.4, -0.2) is 33.0 Å². The molecule has 0 aliphatic carbocycles. The van der Waals surface area contributed by atoms with Gasteiger partial charge in [0.15, 0.2) is 0 Å². The van der Waals surface area contributed by atoms with E-state index in [1.807, 2.05) is 0 Å². The molecule has 120 valence electrons. The quantitative estimate of drug-likeness (QED) is 0.683. The van der Waals surface area contributed by atoms with Crippen molar-refractivity contribution in [2.45, 2.75) is 12.5 Å². The van der Waals surface area contributed by atoms with Crippen molar-refractivity contribution < 1.29 is 14.1 Å². The second-order valence-electron chi connectivity index (χ2n) is 5.24. The zero-order valence-corrected chi connectivity index (χ0v) is 12.3. The summed E-state index contributed by atoms with van der Waals surface area (Å²) < 4.78 is 14.4. The highest BCUT2D eigenvalue weighted by atomic mass is 19.1. The summed E-state index contributed by atoms with van der Waals surface area (Å²) >= 11 is 0. The number of nitrogens with one attached hydrogen (secondary N) is 1. The molecule has 3 rings (SSSR count). The number of hydrogen-bond donors (Lipinski definition) is 1. The van der Waals surface area contributed by atoms with Crippen molar-refractivity contribution >= 4 is 23.2 Å². The summed E-state index contributed by atoms with van der Waals surface area (Å²) in [6, 6.07) is 5.05. The SMILES string of the molecule is Cn1cnc([N+](=O)[O-])c1NC1CCN(c2ccc(F)cc2)C1=O. The van der Waals surface area contributed by atoms with Gasteiger partial charge in [-0.05, 0) is 40.6 Å². The first-order valence-corrected chi connectivity index (χ1v) is 6.96. The van der Waals surface area contributed by atoms with Crippen molar-refractivity contribution in [2.24, 2.45) is 7.05 Å². The molecule has 1 aromatic heterocycles. The number of rotatable bonds is 4. The summed E-state index contributed by atoms with van der Waals surface area (Å²) in [6.07, 6.45) is 1.80. The number of halogens is 1. The maximum absolute atomic E-state index is 13.0. The predicted molar refractivity (Wildman–Crippen MR) is 80.6 cm³/mol. The molecular formula is C14H14FN5O3. The summed E-state index contributed by atoms with van der Waals surface area (Å²) in [5.74, 6) is -0.720. The Morgan fingerprint density at radius 2 is 2.09 bits per heavy atom. The summed E-state index contributed by atoms with van der Waals surface area (Å²) in [4.78, 5) is 28.1. The number of nitro groups is 1. The average molecular weight is 319 g/mol. The molecule has 1 atom stereocenters. The Labute approximate surface area is 130 Å².